The third-order valence-electron chi connectivity index (χ3n) is 4.39. The summed E-state index contributed by atoms with van der Waals surface area (Å²) in [5.74, 6) is -0.115. The summed E-state index contributed by atoms with van der Waals surface area (Å²) in [4.78, 5) is 29.9. The Kier molecular flexibility index (Phi) is 7.26. The van der Waals surface area contributed by atoms with E-state index >= 15 is 0 Å². The predicted octanol–water partition coefficient (Wildman–Crippen LogP) is 3.03. The second-order valence-corrected chi connectivity index (χ2v) is 8.11. The number of hydrogen-bond acceptors (Lipinski definition) is 7. The molecule has 0 bridgehead atoms. The summed E-state index contributed by atoms with van der Waals surface area (Å²) in [6.45, 7) is 2.12. The van der Waals surface area contributed by atoms with E-state index in [1.807, 2.05) is 5.38 Å². The number of ether oxygens (including phenoxy) is 1. The van der Waals surface area contributed by atoms with Gasteiger partial charge >= 0.3 is 5.97 Å². The van der Waals surface area contributed by atoms with Crippen molar-refractivity contribution in [2.75, 3.05) is 19.4 Å². The smallest absolute Gasteiger partial charge is 0.311 e. The molecule has 1 amide bonds. The van der Waals surface area contributed by atoms with Gasteiger partial charge in [-0.15, -0.1) is 11.3 Å². The number of nitrogens with zero attached hydrogens (tertiary/aromatic N) is 3. The highest BCUT2D eigenvalue weighted by Crippen LogP contribution is 2.33. The summed E-state index contributed by atoms with van der Waals surface area (Å²) >= 11 is 2.76. The highest BCUT2D eigenvalue weighted by Gasteiger charge is 2.38. The van der Waals surface area contributed by atoms with E-state index in [1.165, 1.54) is 23.1 Å². The van der Waals surface area contributed by atoms with Crippen LogP contribution in [0.4, 0.5) is 0 Å². The fourth-order valence-electron chi connectivity index (χ4n) is 2.91. The lowest BCUT2D eigenvalue weighted by atomic mass is 9.81. The summed E-state index contributed by atoms with van der Waals surface area (Å²) in [6, 6.07) is 2.37. The Labute approximate surface area is 156 Å². The first-order chi connectivity index (χ1) is 12.0. The van der Waals surface area contributed by atoms with E-state index < -0.39 is 5.54 Å². The van der Waals surface area contributed by atoms with Crippen molar-refractivity contribution in [3.8, 4) is 6.07 Å². The van der Waals surface area contributed by atoms with Crippen LogP contribution in [-0.4, -0.2) is 46.7 Å². The number of nitriles is 1. The summed E-state index contributed by atoms with van der Waals surface area (Å²) in [5, 5.41) is 11.4. The zero-order chi connectivity index (χ0) is 18.3. The van der Waals surface area contributed by atoms with Gasteiger partial charge in [0.2, 0.25) is 5.91 Å². The van der Waals surface area contributed by atoms with Gasteiger partial charge < -0.3 is 9.64 Å². The SMILES string of the molecule is CCOC(=O)Cc1csc(SCC(=O)N(C)C2(C#N)CCCCC2)n1. The van der Waals surface area contributed by atoms with Crippen LogP contribution in [-0.2, 0) is 20.7 Å². The Bertz CT molecular complexity index is 648. The minimum absolute atomic E-state index is 0.0596. The molecule has 1 aliphatic rings. The number of hydrogen-bond donors (Lipinski definition) is 0. The molecule has 1 aromatic heterocycles. The van der Waals surface area contributed by atoms with Gasteiger partial charge in [0, 0.05) is 12.4 Å². The van der Waals surface area contributed by atoms with Crippen LogP contribution in [0.15, 0.2) is 9.72 Å². The van der Waals surface area contributed by atoms with Gasteiger partial charge in [-0.25, -0.2) is 4.98 Å². The summed E-state index contributed by atoms with van der Waals surface area (Å²) in [6.07, 6.45) is 4.75. The number of thioether (sulfide) groups is 1. The van der Waals surface area contributed by atoms with Crippen LogP contribution in [0, 0.1) is 11.3 Å². The average molecular weight is 382 g/mol. The van der Waals surface area contributed by atoms with Crippen LogP contribution < -0.4 is 0 Å². The number of thiazole rings is 1. The lowest BCUT2D eigenvalue weighted by Crippen LogP contribution is -2.50. The molecule has 1 aliphatic carbocycles. The van der Waals surface area contributed by atoms with E-state index in [4.69, 9.17) is 4.74 Å². The van der Waals surface area contributed by atoms with Crippen molar-refractivity contribution in [2.45, 2.75) is 55.3 Å². The molecule has 6 nitrogen and oxygen atoms in total. The van der Waals surface area contributed by atoms with Crippen LogP contribution in [0.1, 0.15) is 44.7 Å². The first-order valence-corrected chi connectivity index (χ1v) is 10.3. The normalized spacial score (nSPS) is 16.0. The Balaban J connectivity index is 1.88. The molecule has 1 fully saturated rings. The topological polar surface area (TPSA) is 83.3 Å². The van der Waals surface area contributed by atoms with Crippen LogP contribution in [0.5, 0.6) is 0 Å². The summed E-state index contributed by atoms with van der Waals surface area (Å²) in [5.41, 5.74) is 0.000863. The van der Waals surface area contributed by atoms with E-state index in [2.05, 4.69) is 11.1 Å². The molecule has 0 saturated heterocycles. The van der Waals surface area contributed by atoms with E-state index in [1.54, 1.807) is 18.9 Å². The summed E-state index contributed by atoms with van der Waals surface area (Å²) in [7, 11) is 1.73. The molecular weight excluding hydrogens is 358 g/mol. The van der Waals surface area contributed by atoms with Gasteiger partial charge in [-0.05, 0) is 19.8 Å². The maximum atomic E-state index is 12.5. The van der Waals surface area contributed by atoms with Crippen molar-refractivity contribution in [1.82, 2.24) is 9.88 Å². The Morgan fingerprint density at radius 2 is 2.16 bits per heavy atom. The van der Waals surface area contributed by atoms with Crippen molar-refractivity contribution < 1.29 is 14.3 Å². The monoisotopic (exact) mass is 381 g/mol. The third kappa shape index (κ3) is 5.19. The van der Waals surface area contributed by atoms with E-state index in [-0.39, 0.29) is 24.1 Å². The number of esters is 1. The largest absolute Gasteiger partial charge is 0.466 e. The molecule has 8 heteroatoms. The number of amides is 1. The molecular formula is C17H23N3O3S2. The average Bonchev–Trinajstić information content (AvgIpc) is 3.07. The molecule has 25 heavy (non-hydrogen) atoms. The zero-order valence-corrected chi connectivity index (χ0v) is 16.3. The van der Waals surface area contributed by atoms with Gasteiger partial charge in [-0.3, -0.25) is 9.59 Å². The maximum Gasteiger partial charge on any atom is 0.311 e. The molecule has 0 aromatic carbocycles. The van der Waals surface area contributed by atoms with E-state index in [0.29, 0.717) is 12.3 Å². The van der Waals surface area contributed by atoms with Crippen molar-refractivity contribution in [1.29, 1.82) is 5.26 Å². The Morgan fingerprint density at radius 3 is 2.80 bits per heavy atom. The first kappa shape index (κ1) is 19.7. The van der Waals surface area contributed by atoms with Gasteiger partial charge in [-0.1, -0.05) is 31.0 Å². The molecule has 1 heterocycles. The minimum atomic E-state index is -0.659. The van der Waals surface area contributed by atoms with Crippen LogP contribution in [0.3, 0.4) is 0 Å². The highest BCUT2D eigenvalue weighted by molar-refractivity contribution is 8.01. The van der Waals surface area contributed by atoms with Gasteiger partial charge in [0.15, 0.2) is 4.34 Å². The van der Waals surface area contributed by atoms with Crippen LogP contribution in [0.25, 0.3) is 0 Å². The molecule has 2 rings (SSSR count). The van der Waals surface area contributed by atoms with Gasteiger partial charge in [0.25, 0.3) is 0 Å². The van der Waals surface area contributed by atoms with Gasteiger partial charge in [0.05, 0.1) is 30.5 Å². The van der Waals surface area contributed by atoms with E-state index in [0.717, 1.165) is 36.4 Å². The fraction of sp³-hybridized carbons (Fsp3) is 0.647. The molecule has 0 atom stereocenters. The van der Waals surface area contributed by atoms with Crippen molar-refractivity contribution in [2.24, 2.45) is 0 Å². The molecule has 0 unspecified atom stereocenters. The van der Waals surface area contributed by atoms with Crippen LogP contribution in [0.2, 0.25) is 0 Å². The van der Waals surface area contributed by atoms with Crippen LogP contribution >= 0.6 is 23.1 Å². The second-order valence-electron chi connectivity index (χ2n) is 6.03. The van der Waals surface area contributed by atoms with Gasteiger partial charge in [-0.2, -0.15) is 5.26 Å². The molecule has 0 N–H and O–H groups in total. The molecule has 0 spiro atoms. The minimum Gasteiger partial charge on any atom is -0.466 e. The standard InChI is InChI=1S/C17H23N3O3S2/c1-3-23-15(22)9-13-10-24-16(19-13)25-11-14(21)20(2)17(12-18)7-5-4-6-8-17/h10H,3-9,11H2,1-2H3. The number of aromatic nitrogens is 1. The second kappa shape index (κ2) is 9.20. The van der Waals surface area contributed by atoms with Crippen molar-refractivity contribution in [3.05, 3.63) is 11.1 Å². The number of rotatable bonds is 7. The molecule has 1 aromatic rings. The lowest BCUT2D eigenvalue weighted by molar-refractivity contribution is -0.142. The third-order valence-corrected chi connectivity index (χ3v) is 6.44. The van der Waals surface area contributed by atoms with Crippen molar-refractivity contribution >= 4 is 35.0 Å². The number of carbonyl (C=O) groups excluding carboxylic acids is 2. The zero-order valence-electron chi connectivity index (χ0n) is 14.6. The molecule has 136 valence electrons. The highest BCUT2D eigenvalue weighted by atomic mass is 32.2. The molecule has 0 aliphatic heterocycles. The fourth-order valence-corrected chi connectivity index (χ4v) is 4.67. The number of carbonyl (C=O) groups is 2. The van der Waals surface area contributed by atoms with E-state index in [9.17, 15) is 14.9 Å². The molecule has 1 saturated carbocycles. The Hall–Kier alpha value is -1.59. The quantitative estimate of drug-likeness (QED) is 0.533. The van der Waals surface area contributed by atoms with Crippen molar-refractivity contribution in [3.63, 3.8) is 0 Å². The molecule has 0 radical (unpaired) electrons. The van der Waals surface area contributed by atoms with Gasteiger partial charge in [0.1, 0.15) is 5.54 Å². The first-order valence-electron chi connectivity index (χ1n) is 8.41. The lowest BCUT2D eigenvalue weighted by Gasteiger charge is -2.39. The Morgan fingerprint density at radius 1 is 1.44 bits per heavy atom. The predicted molar refractivity (Wildman–Crippen MR) is 97.4 cm³/mol. The summed E-state index contributed by atoms with van der Waals surface area (Å²) < 4.78 is 5.65. The maximum absolute atomic E-state index is 12.5.